The standard InChI is InChI=1S/C23H22BrN3O4/c1-14(28)26-8-6-23(7-9-26)27-19(17-11-16(24)3-5-20(17)31-23)12-18(25-27)15-2-4-21-22(10-15)30-13-29-21/h2-5,10-11,19H,6-9,12-13H2,1H3/t19-/m1/s1. The monoisotopic (exact) mass is 483 g/mol. The van der Waals surface area contributed by atoms with Crippen LogP contribution in [0.5, 0.6) is 17.2 Å². The molecule has 4 aliphatic rings. The lowest BCUT2D eigenvalue weighted by Gasteiger charge is -2.51. The van der Waals surface area contributed by atoms with Gasteiger partial charge in [0, 0.05) is 54.9 Å². The van der Waals surface area contributed by atoms with E-state index in [-0.39, 0.29) is 18.7 Å². The summed E-state index contributed by atoms with van der Waals surface area (Å²) in [7, 11) is 0. The van der Waals surface area contributed by atoms with Crippen molar-refractivity contribution in [3.63, 3.8) is 0 Å². The summed E-state index contributed by atoms with van der Waals surface area (Å²) in [5.74, 6) is 2.54. The lowest BCUT2D eigenvalue weighted by molar-refractivity contribution is -0.158. The number of carbonyl (C=O) groups is 1. The van der Waals surface area contributed by atoms with Gasteiger partial charge in [0.05, 0.1) is 11.8 Å². The minimum atomic E-state index is -0.546. The average molecular weight is 484 g/mol. The normalized spacial score (nSPS) is 22.6. The van der Waals surface area contributed by atoms with Crippen molar-refractivity contribution in [2.24, 2.45) is 5.10 Å². The van der Waals surface area contributed by atoms with Gasteiger partial charge in [0.2, 0.25) is 18.4 Å². The summed E-state index contributed by atoms with van der Waals surface area (Å²) in [5.41, 5.74) is 2.63. The molecule has 1 fully saturated rings. The van der Waals surface area contributed by atoms with Gasteiger partial charge in [-0.25, -0.2) is 5.01 Å². The molecule has 1 atom stereocenters. The van der Waals surface area contributed by atoms with Gasteiger partial charge in [0.25, 0.3) is 0 Å². The Bertz CT molecular complexity index is 1110. The first-order chi connectivity index (χ1) is 15.0. The fourth-order valence-corrected chi connectivity index (χ4v) is 5.38. The van der Waals surface area contributed by atoms with Crippen LogP contribution in [0.4, 0.5) is 0 Å². The molecule has 2 aromatic rings. The van der Waals surface area contributed by atoms with Crippen LogP contribution in [-0.4, -0.2) is 47.1 Å². The highest BCUT2D eigenvalue weighted by atomic mass is 79.9. The number of hydrazone groups is 1. The zero-order chi connectivity index (χ0) is 21.2. The number of amides is 1. The molecule has 0 aromatic heterocycles. The molecule has 0 N–H and O–H groups in total. The number of halogens is 1. The number of piperidine rings is 1. The van der Waals surface area contributed by atoms with E-state index in [1.54, 1.807) is 6.92 Å². The zero-order valence-electron chi connectivity index (χ0n) is 17.1. The summed E-state index contributed by atoms with van der Waals surface area (Å²) in [5, 5.41) is 7.24. The Kier molecular flexibility index (Phi) is 4.21. The molecule has 4 heterocycles. The molecule has 0 saturated carbocycles. The summed E-state index contributed by atoms with van der Waals surface area (Å²) >= 11 is 3.61. The molecule has 2 aromatic carbocycles. The van der Waals surface area contributed by atoms with Crippen molar-refractivity contribution in [3.05, 3.63) is 52.0 Å². The maximum atomic E-state index is 11.9. The zero-order valence-corrected chi connectivity index (χ0v) is 18.7. The minimum Gasteiger partial charge on any atom is -0.466 e. The summed E-state index contributed by atoms with van der Waals surface area (Å²) in [6, 6.07) is 12.3. The average Bonchev–Trinajstić information content (AvgIpc) is 3.42. The van der Waals surface area contributed by atoms with Gasteiger partial charge < -0.3 is 19.1 Å². The second-order valence-electron chi connectivity index (χ2n) is 8.42. The van der Waals surface area contributed by atoms with Crippen LogP contribution in [0.1, 0.15) is 43.4 Å². The Labute approximate surface area is 188 Å². The van der Waals surface area contributed by atoms with Crippen molar-refractivity contribution >= 4 is 27.5 Å². The third-order valence-corrected chi connectivity index (χ3v) is 7.15. The molecule has 0 aliphatic carbocycles. The molecule has 0 unspecified atom stereocenters. The van der Waals surface area contributed by atoms with Crippen molar-refractivity contribution in [1.29, 1.82) is 0 Å². The van der Waals surface area contributed by atoms with Crippen LogP contribution in [0, 0.1) is 0 Å². The van der Waals surface area contributed by atoms with Gasteiger partial charge in [-0.05, 0) is 36.4 Å². The number of ether oxygens (including phenoxy) is 3. The maximum absolute atomic E-state index is 11.9. The van der Waals surface area contributed by atoms with Crippen molar-refractivity contribution in [1.82, 2.24) is 9.91 Å². The molecular formula is C23H22BrN3O4. The van der Waals surface area contributed by atoms with Gasteiger partial charge in [-0.1, -0.05) is 15.9 Å². The van der Waals surface area contributed by atoms with Crippen LogP contribution in [-0.2, 0) is 4.79 Å². The summed E-state index contributed by atoms with van der Waals surface area (Å²) in [6.07, 6.45) is 2.22. The molecule has 7 nitrogen and oxygen atoms in total. The first-order valence-electron chi connectivity index (χ1n) is 10.5. The van der Waals surface area contributed by atoms with Gasteiger partial charge >= 0.3 is 0 Å². The Morgan fingerprint density at radius 3 is 2.68 bits per heavy atom. The number of likely N-dealkylation sites (tertiary alicyclic amines) is 1. The molecule has 6 rings (SSSR count). The second-order valence-corrected chi connectivity index (χ2v) is 9.33. The van der Waals surface area contributed by atoms with Crippen LogP contribution in [0.3, 0.4) is 0 Å². The molecule has 0 bridgehead atoms. The Morgan fingerprint density at radius 2 is 1.87 bits per heavy atom. The fourth-order valence-electron chi connectivity index (χ4n) is 5.00. The van der Waals surface area contributed by atoms with E-state index in [0.717, 1.165) is 57.8 Å². The summed E-state index contributed by atoms with van der Waals surface area (Å²) < 4.78 is 18.7. The quantitative estimate of drug-likeness (QED) is 0.611. The lowest BCUT2D eigenvalue weighted by atomic mass is 9.90. The maximum Gasteiger partial charge on any atom is 0.231 e. The predicted molar refractivity (Wildman–Crippen MR) is 117 cm³/mol. The van der Waals surface area contributed by atoms with Crippen LogP contribution in [0.15, 0.2) is 46.0 Å². The van der Waals surface area contributed by atoms with Gasteiger partial charge in [-0.3, -0.25) is 4.79 Å². The van der Waals surface area contributed by atoms with Crippen molar-refractivity contribution in [2.75, 3.05) is 19.9 Å². The second kappa shape index (κ2) is 6.88. The smallest absolute Gasteiger partial charge is 0.231 e. The highest BCUT2D eigenvalue weighted by molar-refractivity contribution is 9.10. The van der Waals surface area contributed by atoms with E-state index >= 15 is 0 Å². The van der Waals surface area contributed by atoms with E-state index in [1.807, 2.05) is 35.2 Å². The molecule has 1 spiro atoms. The highest BCUT2D eigenvalue weighted by Crippen LogP contribution is 2.50. The number of nitrogens with zero attached hydrogens (tertiary/aromatic N) is 3. The number of rotatable bonds is 1. The lowest BCUT2D eigenvalue weighted by Crippen LogP contribution is -2.59. The molecule has 160 valence electrons. The number of hydrogen-bond acceptors (Lipinski definition) is 6. The van der Waals surface area contributed by atoms with E-state index in [2.05, 4.69) is 27.0 Å². The van der Waals surface area contributed by atoms with Gasteiger partial charge in [-0.15, -0.1) is 0 Å². The van der Waals surface area contributed by atoms with Gasteiger partial charge in [0.1, 0.15) is 5.75 Å². The highest BCUT2D eigenvalue weighted by Gasteiger charge is 2.52. The van der Waals surface area contributed by atoms with Crippen molar-refractivity contribution in [2.45, 2.75) is 38.0 Å². The topological polar surface area (TPSA) is 63.6 Å². The first-order valence-corrected chi connectivity index (χ1v) is 11.3. The van der Waals surface area contributed by atoms with Crippen LogP contribution < -0.4 is 14.2 Å². The number of hydrogen-bond donors (Lipinski definition) is 0. The predicted octanol–water partition coefficient (Wildman–Crippen LogP) is 4.06. The summed E-state index contributed by atoms with van der Waals surface area (Å²) in [4.78, 5) is 13.8. The largest absolute Gasteiger partial charge is 0.466 e. The van der Waals surface area contributed by atoms with Crippen LogP contribution in [0.2, 0.25) is 0 Å². The van der Waals surface area contributed by atoms with Crippen LogP contribution >= 0.6 is 15.9 Å². The van der Waals surface area contributed by atoms with E-state index in [0.29, 0.717) is 13.1 Å². The number of carbonyl (C=O) groups excluding carboxylic acids is 1. The first kappa shape index (κ1) is 19.0. The molecule has 4 aliphatic heterocycles. The van der Waals surface area contributed by atoms with E-state index in [1.165, 1.54) is 0 Å². The van der Waals surface area contributed by atoms with Crippen molar-refractivity contribution in [3.8, 4) is 17.2 Å². The van der Waals surface area contributed by atoms with Crippen LogP contribution in [0.25, 0.3) is 0 Å². The molecule has 0 radical (unpaired) electrons. The van der Waals surface area contributed by atoms with E-state index in [9.17, 15) is 4.79 Å². The molecule has 1 amide bonds. The Balaban J connectivity index is 1.40. The van der Waals surface area contributed by atoms with Gasteiger partial charge in [-0.2, -0.15) is 5.10 Å². The van der Waals surface area contributed by atoms with Crippen molar-refractivity contribution < 1.29 is 19.0 Å². The Hall–Kier alpha value is -2.74. The molecule has 8 heteroatoms. The number of fused-ring (bicyclic) bond motifs is 5. The molecule has 1 saturated heterocycles. The van der Waals surface area contributed by atoms with E-state index in [4.69, 9.17) is 19.3 Å². The minimum absolute atomic E-state index is 0.0885. The third kappa shape index (κ3) is 2.99. The van der Waals surface area contributed by atoms with Gasteiger partial charge in [0.15, 0.2) is 11.5 Å². The molecular weight excluding hydrogens is 462 g/mol. The molecule has 31 heavy (non-hydrogen) atoms. The SMILES string of the molecule is CC(=O)N1CCC2(CC1)Oc1ccc(Br)cc1[C@H]1CC(c3ccc4c(c3)OCO4)=NN12. The number of benzene rings is 2. The fraction of sp³-hybridized carbons (Fsp3) is 0.391. The third-order valence-electron chi connectivity index (χ3n) is 6.65. The Morgan fingerprint density at radius 1 is 1.10 bits per heavy atom. The van der Waals surface area contributed by atoms with E-state index < -0.39 is 5.72 Å². The summed E-state index contributed by atoms with van der Waals surface area (Å²) in [6.45, 7) is 3.21.